The maximum absolute atomic E-state index is 14.0. The molecule has 0 bridgehead atoms. The highest BCUT2D eigenvalue weighted by molar-refractivity contribution is 6.31. The Labute approximate surface area is 210 Å². The SMILES string of the molecule is CC[C@@]1(C)N(c2ccc(Cl)cc2)C(=O)N(c2ccc(Cl)cc2)C1(O)c1cccc(OC(F)(F)F)c1. The van der Waals surface area contributed by atoms with Crippen LogP contribution in [0.25, 0.3) is 0 Å². The number of anilines is 2. The molecule has 0 radical (unpaired) electrons. The monoisotopic (exact) mass is 524 g/mol. The van der Waals surface area contributed by atoms with Gasteiger partial charge in [-0.05, 0) is 74.0 Å². The molecule has 1 aliphatic rings. The van der Waals surface area contributed by atoms with Gasteiger partial charge in [0.1, 0.15) is 5.75 Å². The molecule has 0 saturated carbocycles. The molecule has 35 heavy (non-hydrogen) atoms. The highest BCUT2D eigenvalue weighted by Gasteiger charge is 2.65. The van der Waals surface area contributed by atoms with Crippen LogP contribution in [0.1, 0.15) is 25.8 Å². The first-order valence-electron chi connectivity index (χ1n) is 10.6. The molecular formula is C25H21Cl2F3N2O3. The average Bonchev–Trinajstić information content (AvgIpc) is 2.98. The molecule has 3 aromatic carbocycles. The van der Waals surface area contributed by atoms with Crippen molar-refractivity contribution < 1.29 is 27.8 Å². The van der Waals surface area contributed by atoms with Gasteiger partial charge in [0, 0.05) is 27.0 Å². The number of urea groups is 1. The number of benzene rings is 3. The third-order valence-corrected chi connectivity index (χ3v) is 6.78. The summed E-state index contributed by atoms with van der Waals surface area (Å²) in [6.45, 7) is 3.45. The zero-order valence-corrected chi connectivity index (χ0v) is 20.2. The van der Waals surface area contributed by atoms with Gasteiger partial charge in [-0.3, -0.25) is 9.80 Å². The minimum Gasteiger partial charge on any atom is -0.406 e. The molecule has 1 fully saturated rings. The Balaban J connectivity index is 1.96. The zero-order valence-electron chi connectivity index (χ0n) is 18.7. The Hall–Kier alpha value is -2.94. The van der Waals surface area contributed by atoms with Gasteiger partial charge in [0.2, 0.25) is 0 Å². The van der Waals surface area contributed by atoms with E-state index in [4.69, 9.17) is 23.2 Å². The number of ether oxygens (including phenoxy) is 1. The molecule has 2 atom stereocenters. The summed E-state index contributed by atoms with van der Waals surface area (Å²) in [6.07, 6.45) is -4.68. The number of rotatable bonds is 5. The molecule has 4 rings (SSSR count). The lowest BCUT2D eigenvalue weighted by molar-refractivity contribution is -0.274. The Morgan fingerprint density at radius 1 is 0.914 bits per heavy atom. The predicted molar refractivity (Wildman–Crippen MR) is 129 cm³/mol. The van der Waals surface area contributed by atoms with Crippen molar-refractivity contribution in [2.24, 2.45) is 0 Å². The van der Waals surface area contributed by atoms with E-state index in [1.54, 1.807) is 62.4 Å². The lowest BCUT2D eigenvalue weighted by Gasteiger charge is -2.44. The summed E-state index contributed by atoms with van der Waals surface area (Å²) >= 11 is 12.1. The number of halogens is 5. The Morgan fingerprint density at radius 3 is 1.91 bits per heavy atom. The molecular weight excluding hydrogens is 504 g/mol. The van der Waals surface area contributed by atoms with Crippen molar-refractivity contribution in [1.82, 2.24) is 0 Å². The van der Waals surface area contributed by atoms with Crippen molar-refractivity contribution in [3.8, 4) is 5.75 Å². The molecule has 2 amide bonds. The van der Waals surface area contributed by atoms with E-state index in [0.29, 0.717) is 21.4 Å². The van der Waals surface area contributed by atoms with Crippen LogP contribution in [-0.4, -0.2) is 23.0 Å². The van der Waals surface area contributed by atoms with E-state index < -0.39 is 29.4 Å². The van der Waals surface area contributed by atoms with Crippen molar-refractivity contribution in [1.29, 1.82) is 0 Å². The third-order valence-electron chi connectivity index (χ3n) is 6.28. The van der Waals surface area contributed by atoms with Gasteiger partial charge in [-0.1, -0.05) is 42.3 Å². The minimum atomic E-state index is -4.92. The van der Waals surface area contributed by atoms with Crippen molar-refractivity contribution in [3.05, 3.63) is 88.4 Å². The molecule has 3 aromatic rings. The second kappa shape index (κ2) is 8.93. The molecule has 1 aliphatic heterocycles. The molecule has 0 aliphatic carbocycles. The summed E-state index contributed by atoms with van der Waals surface area (Å²) in [5.41, 5.74) is -2.61. The first-order valence-corrected chi connectivity index (χ1v) is 11.4. The second-order valence-corrected chi connectivity index (χ2v) is 9.15. The van der Waals surface area contributed by atoms with Crippen molar-refractivity contribution in [3.63, 3.8) is 0 Å². The van der Waals surface area contributed by atoms with Crippen molar-refractivity contribution in [2.45, 2.75) is 37.9 Å². The lowest BCUT2D eigenvalue weighted by atomic mass is 9.80. The molecule has 10 heteroatoms. The molecule has 0 spiro atoms. The van der Waals surface area contributed by atoms with Gasteiger partial charge in [-0.25, -0.2) is 4.79 Å². The smallest absolute Gasteiger partial charge is 0.406 e. The van der Waals surface area contributed by atoms with Crippen molar-refractivity contribution >= 4 is 40.6 Å². The molecule has 184 valence electrons. The summed E-state index contributed by atoms with van der Waals surface area (Å²) in [7, 11) is 0. The van der Waals surface area contributed by atoms with E-state index in [2.05, 4.69) is 4.74 Å². The van der Waals surface area contributed by atoms with Crippen LogP contribution >= 0.6 is 23.2 Å². The standard InChI is InChI=1S/C25H21Cl2F3N2O3/c1-3-23(2)24(34,16-5-4-6-21(15-16)35-25(28,29)30)32(20-13-9-18(27)10-14-20)22(33)31(23)19-11-7-17(26)8-12-19/h4-15,34H,3H2,1-2H3/t23-,24?/m1/s1. The average molecular weight is 525 g/mol. The summed E-state index contributed by atoms with van der Waals surface area (Å²) in [6, 6.07) is 17.2. The highest BCUT2D eigenvalue weighted by Crippen LogP contribution is 2.52. The van der Waals surface area contributed by atoms with Gasteiger partial charge in [0.25, 0.3) is 0 Å². The minimum absolute atomic E-state index is 0.0448. The maximum Gasteiger partial charge on any atom is 0.573 e. The van der Waals surface area contributed by atoms with Crippen LogP contribution in [0.3, 0.4) is 0 Å². The Kier molecular flexibility index (Phi) is 6.42. The van der Waals surface area contributed by atoms with Crippen LogP contribution in [-0.2, 0) is 5.72 Å². The van der Waals surface area contributed by atoms with Crippen LogP contribution < -0.4 is 14.5 Å². The number of alkyl halides is 3. The Morgan fingerprint density at radius 2 is 1.43 bits per heavy atom. The van der Waals surface area contributed by atoms with E-state index in [1.807, 2.05) is 0 Å². The fourth-order valence-corrected chi connectivity index (χ4v) is 4.73. The highest BCUT2D eigenvalue weighted by atomic mass is 35.5. The van der Waals surface area contributed by atoms with E-state index in [9.17, 15) is 23.1 Å². The fraction of sp³-hybridized carbons (Fsp3) is 0.240. The summed E-state index contributed by atoms with van der Waals surface area (Å²) in [4.78, 5) is 16.6. The van der Waals surface area contributed by atoms with E-state index >= 15 is 0 Å². The quantitative estimate of drug-likeness (QED) is 0.379. The zero-order chi connectivity index (χ0) is 25.6. The van der Waals surface area contributed by atoms with Gasteiger partial charge >= 0.3 is 12.4 Å². The normalized spacial score (nSPS) is 22.6. The third kappa shape index (κ3) is 4.30. The molecule has 5 nitrogen and oxygen atoms in total. The summed E-state index contributed by atoms with van der Waals surface area (Å²) in [5, 5.41) is 13.3. The number of carbonyl (C=O) groups excluding carboxylic acids is 1. The van der Waals surface area contributed by atoms with Crippen LogP contribution in [0.4, 0.5) is 29.3 Å². The van der Waals surface area contributed by atoms with Crippen molar-refractivity contribution in [2.75, 3.05) is 9.80 Å². The number of amides is 2. The van der Waals surface area contributed by atoms with Crippen LogP contribution in [0.5, 0.6) is 5.75 Å². The molecule has 0 aromatic heterocycles. The van der Waals surface area contributed by atoms with Gasteiger partial charge in [0.05, 0.1) is 5.54 Å². The second-order valence-electron chi connectivity index (χ2n) is 8.28. The number of aliphatic hydroxyl groups is 1. The van der Waals surface area contributed by atoms with E-state index in [-0.39, 0.29) is 12.0 Å². The number of carbonyl (C=O) groups is 1. The number of hydrogen-bond acceptors (Lipinski definition) is 3. The topological polar surface area (TPSA) is 53.0 Å². The maximum atomic E-state index is 14.0. The molecule has 1 saturated heterocycles. The van der Waals surface area contributed by atoms with E-state index in [1.165, 1.54) is 17.0 Å². The van der Waals surface area contributed by atoms with Gasteiger partial charge < -0.3 is 9.84 Å². The van der Waals surface area contributed by atoms with Gasteiger partial charge in [-0.2, -0.15) is 0 Å². The van der Waals surface area contributed by atoms with Crippen LogP contribution in [0.2, 0.25) is 10.0 Å². The van der Waals surface area contributed by atoms with Crippen LogP contribution in [0.15, 0.2) is 72.8 Å². The number of hydrogen-bond donors (Lipinski definition) is 1. The summed E-state index contributed by atoms with van der Waals surface area (Å²) < 4.78 is 42.9. The first-order chi connectivity index (χ1) is 16.4. The first kappa shape index (κ1) is 25.2. The summed E-state index contributed by atoms with van der Waals surface area (Å²) in [5.74, 6) is -0.518. The fourth-order valence-electron chi connectivity index (χ4n) is 4.47. The largest absolute Gasteiger partial charge is 0.573 e. The van der Waals surface area contributed by atoms with Crippen LogP contribution in [0, 0.1) is 0 Å². The molecule has 1 heterocycles. The van der Waals surface area contributed by atoms with E-state index in [0.717, 1.165) is 17.0 Å². The lowest BCUT2D eigenvalue weighted by Crippen LogP contribution is -2.57. The predicted octanol–water partition coefficient (Wildman–Crippen LogP) is 7.35. The Bertz CT molecular complexity index is 1240. The van der Waals surface area contributed by atoms with Gasteiger partial charge in [0.15, 0.2) is 5.72 Å². The number of nitrogens with zero attached hydrogens (tertiary/aromatic N) is 2. The molecule has 1 unspecified atom stereocenters. The molecule has 1 N–H and O–H groups in total. The van der Waals surface area contributed by atoms with Gasteiger partial charge in [-0.15, -0.1) is 13.2 Å².